The zero-order valence-corrected chi connectivity index (χ0v) is 12.3. The summed E-state index contributed by atoms with van der Waals surface area (Å²) < 4.78 is 22.2. The third-order valence-corrected chi connectivity index (χ3v) is 4.03. The zero-order valence-electron chi connectivity index (χ0n) is 11.5. The molecule has 0 aliphatic rings. The number of sulfonamides is 1. The average Bonchev–Trinajstić information content (AvgIpc) is 2.48. The van der Waals surface area contributed by atoms with Crippen LogP contribution < -0.4 is 10.7 Å². The van der Waals surface area contributed by atoms with Crippen molar-refractivity contribution < 1.29 is 8.42 Å². The second-order valence-electron chi connectivity index (χ2n) is 4.95. The molecule has 0 atom stereocenters. The predicted octanol–water partition coefficient (Wildman–Crippen LogP) is 1.38. The molecule has 0 saturated carbocycles. The summed E-state index contributed by atoms with van der Waals surface area (Å²) in [6.07, 6.45) is 0. The number of fused-ring (bicyclic) bond motifs is 1. The van der Waals surface area contributed by atoms with Gasteiger partial charge in [0, 0.05) is 10.9 Å². The molecule has 0 unspecified atom stereocenters. The highest BCUT2D eigenvalue weighted by atomic mass is 32.2. The third-order valence-electron chi connectivity index (χ3n) is 3.29. The molecular weight excluding hydrogens is 302 g/mol. The van der Waals surface area contributed by atoms with Gasteiger partial charge < -0.3 is 0 Å². The van der Waals surface area contributed by atoms with Crippen LogP contribution in [0.25, 0.3) is 22.0 Å². The molecule has 3 rings (SSSR count). The number of benzene rings is 2. The van der Waals surface area contributed by atoms with Crippen molar-refractivity contribution in [2.24, 2.45) is 5.14 Å². The van der Waals surface area contributed by atoms with Crippen molar-refractivity contribution in [2.45, 2.75) is 5.75 Å². The lowest BCUT2D eigenvalue weighted by Gasteiger charge is -2.06. The van der Waals surface area contributed by atoms with Crippen LogP contribution in [0.3, 0.4) is 0 Å². The highest BCUT2D eigenvalue weighted by molar-refractivity contribution is 7.88. The Morgan fingerprint density at radius 3 is 2.27 bits per heavy atom. The molecule has 1 aromatic heterocycles. The summed E-state index contributed by atoms with van der Waals surface area (Å²) in [6.45, 7) is 0. The lowest BCUT2D eigenvalue weighted by atomic mass is 10.0. The Bertz CT molecular complexity index is 992. The maximum absolute atomic E-state index is 11.8. The topological polar surface area (TPSA) is 106 Å². The van der Waals surface area contributed by atoms with E-state index in [-0.39, 0.29) is 11.3 Å². The second kappa shape index (κ2) is 5.36. The van der Waals surface area contributed by atoms with Crippen molar-refractivity contribution in [3.63, 3.8) is 0 Å². The molecule has 0 aliphatic heterocycles. The number of H-pyrrole nitrogens is 1. The van der Waals surface area contributed by atoms with E-state index in [4.69, 9.17) is 5.14 Å². The normalized spacial score (nSPS) is 11.7. The molecule has 0 spiro atoms. The van der Waals surface area contributed by atoms with E-state index in [2.05, 4.69) is 10.2 Å². The summed E-state index contributed by atoms with van der Waals surface area (Å²) in [4.78, 5) is 11.8. The van der Waals surface area contributed by atoms with Gasteiger partial charge in [-0.3, -0.25) is 4.79 Å². The summed E-state index contributed by atoms with van der Waals surface area (Å²) in [5.41, 5.74) is 1.77. The maximum atomic E-state index is 11.8. The van der Waals surface area contributed by atoms with Gasteiger partial charge in [-0.15, -0.1) is 0 Å². The second-order valence-corrected chi connectivity index (χ2v) is 6.57. The Balaban J connectivity index is 2.09. The van der Waals surface area contributed by atoms with E-state index in [0.717, 1.165) is 10.9 Å². The molecule has 0 fully saturated rings. The molecule has 0 saturated heterocycles. The molecule has 112 valence electrons. The number of hydrogen-bond acceptors (Lipinski definition) is 4. The molecule has 0 aliphatic carbocycles. The monoisotopic (exact) mass is 315 g/mol. The number of nitrogens with two attached hydrogens (primary N) is 1. The number of aromatic nitrogens is 2. The molecule has 0 radical (unpaired) electrons. The summed E-state index contributed by atoms with van der Waals surface area (Å²) >= 11 is 0. The van der Waals surface area contributed by atoms with E-state index in [1.807, 2.05) is 12.1 Å². The fourth-order valence-electron chi connectivity index (χ4n) is 2.33. The SMILES string of the molecule is NS(=O)(=O)Cc1ccc(-c2n[nH]c(=O)c3ccccc23)cc1. The van der Waals surface area contributed by atoms with Crippen LogP contribution in [0.15, 0.2) is 53.3 Å². The molecule has 0 amide bonds. The smallest absolute Gasteiger partial charge is 0.267 e. The fraction of sp³-hybridized carbons (Fsp3) is 0.0667. The summed E-state index contributed by atoms with van der Waals surface area (Å²) in [6, 6.07) is 14.1. The summed E-state index contributed by atoms with van der Waals surface area (Å²) in [5.74, 6) is -0.215. The van der Waals surface area contributed by atoms with Crippen molar-refractivity contribution >= 4 is 20.8 Å². The minimum Gasteiger partial charge on any atom is -0.267 e. The Kier molecular flexibility index (Phi) is 3.51. The lowest BCUT2D eigenvalue weighted by molar-refractivity contribution is 0.597. The van der Waals surface area contributed by atoms with E-state index >= 15 is 0 Å². The minimum absolute atomic E-state index is 0.215. The highest BCUT2D eigenvalue weighted by Gasteiger charge is 2.09. The number of hydrogen-bond donors (Lipinski definition) is 2. The van der Waals surface area contributed by atoms with Crippen molar-refractivity contribution in [3.8, 4) is 11.3 Å². The van der Waals surface area contributed by atoms with Gasteiger partial charge in [-0.1, -0.05) is 42.5 Å². The van der Waals surface area contributed by atoms with E-state index in [1.54, 1.807) is 36.4 Å². The molecule has 7 heteroatoms. The number of rotatable bonds is 3. The Morgan fingerprint density at radius 2 is 1.64 bits per heavy atom. The van der Waals surface area contributed by atoms with Crippen LogP contribution in [-0.4, -0.2) is 18.6 Å². The molecule has 3 N–H and O–H groups in total. The van der Waals surface area contributed by atoms with Crippen molar-refractivity contribution in [1.29, 1.82) is 0 Å². The van der Waals surface area contributed by atoms with Gasteiger partial charge in [0.2, 0.25) is 10.0 Å². The van der Waals surface area contributed by atoms with Crippen molar-refractivity contribution in [2.75, 3.05) is 0 Å². The Labute approximate surface area is 126 Å². The molecule has 6 nitrogen and oxygen atoms in total. The van der Waals surface area contributed by atoms with Crippen LogP contribution in [0.5, 0.6) is 0 Å². The standard InChI is InChI=1S/C15H13N3O3S/c16-22(20,21)9-10-5-7-11(8-6-10)14-12-3-1-2-4-13(12)15(19)18-17-14/h1-8H,9H2,(H,18,19)(H2,16,20,21). The van der Waals surface area contributed by atoms with Gasteiger partial charge >= 0.3 is 0 Å². The number of aromatic amines is 1. The van der Waals surface area contributed by atoms with Gasteiger partial charge in [0.1, 0.15) is 0 Å². The van der Waals surface area contributed by atoms with Gasteiger partial charge in [0.05, 0.1) is 16.8 Å². The minimum atomic E-state index is -3.56. The van der Waals surface area contributed by atoms with E-state index in [0.29, 0.717) is 16.6 Å². The summed E-state index contributed by atoms with van der Waals surface area (Å²) in [7, 11) is -3.56. The van der Waals surface area contributed by atoms with Crippen LogP contribution >= 0.6 is 0 Å². The van der Waals surface area contributed by atoms with Gasteiger partial charge in [-0.2, -0.15) is 5.10 Å². The Hall–Kier alpha value is -2.51. The summed E-state index contributed by atoms with van der Waals surface area (Å²) in [5, 5.41) is 12.9. The zero-order chi connectivity index (χ0) is 15.7. The predicted molar refractivity (Wildman–Crippen MR) is 84.6 cm³/mol. The quantitative estimate of drug-likeness (QED) is 0.761. The first kappa shape index (κ1) is 14.4. The Morgan fingerprint density at radius 1 is 1.00 bits per heavy atom. The first-order chi connectivity index (χ1) is 10.4. The lowest BCUT2D eigenvalue weighted by Crippen LogP contribution is -2.14. The fourth-order valence-corrected chi connectivity index (χ4v) is 2.98. The first-order valence-electron chi connectivity index (χ1n) is 6.51. The number of primary sulfonamides is 1. The molecular formula is C15H13N3O3S. The van der Waals surface area contributed by atoms with Crippen LogP contribution in [0.1, 0.15) is 5.56 Å². The van der Waals surface area contributed by atoms with E-state index < -0.39 is 10.0 Å². The van der Waals surface area contributed by atoms with Crippen LogP contribution in [0.2, 0.25) is 0 Å². The largest absolute Gasteiger partial charge is 0.272 e. The van der Waals surface area contributed by atoms with E-state index in [9.17, 15) is 13.2 Å². The van der Waals surface area contributed by atoms with Crippen molar-refractivity contribution in [1.82, 2.24) is 10.2 Å². The van der Waals surface area contributed by atoms with E-state index in [1.165, 1.54) is 0 Å². The number of nitrogens with zero attached hydrogens (tertiary/aromatic N) is 1. The van der Waals surface area contributed by atoms with Gasteiger partial charge in [-0.25, -0.2) is 18.7 Å². The third kappa shape index (κ3) is 2.90. The van der Waals surface area contributed by atoms with Crippen LogP contribution in [-0.2, 0) is 15.8 Å². The molecule has 1 heterocycles. The maximum Gasteiger partial charge on any atom is 0.272 e. The highest BCUT2D eigenvalue weighted by Crippen LogP contribution is 2.24. The van der Waals surface area contributed by atoms with Gasteiger partial charge in [0.25, 0.3) is 5.56 Å². The van der Waals surface area contributed by atoms with Gasteiger partial charge in [-0.05, 0) is 11.6 Å². The van der Waals surface area contributed by atoms with Crippen LogP contribution in [0.4, 0.5) is 0 Å². The van der Waals surface area contributed by atoms with Crippen LogP contribution in [0, 0.1) is 0 Å². The molecule has 0 bridgehead atoms. The van der Waals surface area contributed by atoms with Gasteiger partial charge in [0.15, 0.2) is 0 Å². The average molecular weight is 315 g/mol. The van der Waals surface area contributed by atoms with Crippen molar-refractivity contribution in [3.05, 3.63) is 64.4 Å². The molecule has 2 aromatic carbocycles. The molecule has 3 aromatic rings. The molecule has 22 heavy (non-hydrogen) atoms. The number of nitrogens with one attached hydrogen (secondary N) is 1. The first-order valence-corrected chi connectivity index (χ1v) is 8.23.